The molecule has 0 fully saturated rings. The maximum atomic E-state index is 11.6. The normalized spacial score (nSPS) is 10.3. The van der Waals surface area contributed by atoms with Gasteiger partial charge in [-0.2, -0.15) is 5.10 Å². The van der Waals surface area contributed by atoms with Crippen molar-refractivity contribution < 1.29 is 4.79 Å². The zero-order valence-electron chi connectivity index (χ0n) is 9.61. The van der Waals surface area contributed by atoms with Crippen LogP contribution in [0.25, 0.3) is 11.3 Å². The molecule has 0 saturated heterocycles. The van der Waals surface area contributed by atoms with E-state index in [1.54, 1.807) is 18.2 Å². The molecule has 5 nitrogen and oxygen atoms in total. The molecule has 1 aromatic heterocycles. The number of amides is 1. The predicted octanol–water partition coefficient (Wildman–Crippen LogP) is 1.42. The van der Waals surface area contributed by atoms with Gasteiger partial charge in [-0.25, -0.2) is 0 Å². The first-order valence-electron chi connectivity index (χ1n) is 5.50. The molecule has 1 amide bonds. The van der Waals surface area contributed by atoms with E-state index in [-0.39, 0.29) is 5.91 Å². The van der Waals surface area contributed by atoms with Gasteiger partial charge in [0.05, 0.1) is 5.69 Å². The number of hydrogen-bond acceptors (Lipinski definition) is 3. The number of carbonyl (C=O) groups is 1. The summed E-state index contributed by atoms with van der Waals surface area (Å²) in [5, 5.41) is 10.1. The minimum absolute atomic E-state index is 0.215. The van der Waals surface area contributed by atoms with Crippen LogP contribution in [0, 0.1) is 0 Å². The van der Waals surface area contributed by atoms with Gasteiger partial charge in [0.15, 0.2) is 0 Å². The van der Waals surface area contributed by atoms with Crippen LogP contribution in [0.3, 0.4) is 0 Å². The number of nitrogens with zero attached hydrogens (tertiary/aromatic N) is 1. The van der Waals surface area contributed by atoms with E-state index >= 15 is 0 Å². The summed E-state index contributed by atoms with van der Waals surface area (Å²) >= 11 is 5.81. The van der Waals surface area contributed by atoms with E-state index in [0.29, 0.717) is 29.5 Å². The van der Waals surface area contributed by atoms with Crippen LogP contribution in [-0.4, -0.2) is 29.2 Å². The molecule has 0 bridgehead atoms. The van der Waals surface area contributed by atoms with Crippen molar-refractivity contribution in [2.24, 2.45) is 5.73 Å². The van der Waals surface area contributed by atoms with Crippen LogP contribution in [0.2, 0.25) is 5.02 Å². The summed E-state index contributed by atoms with van der Waals surface area (Å²) in [6, 6.07) is 8.94. The number of halogens is 1. The average Bonchev–Trinajstić information content (AvgIpc) is 2.86. The average molecular weight is 265 g/mol. The predicted molar refractivity (Wildman–Crippen MR) is 70.4 cm³/mol. The van der Waals surface area contributed by atoms with Gasteiger partial charge < -0.3 is 11.1 Å². The van der Waals surface area contributed by atoms with Gasteiger partial charge in [-0.05, 0) is 18.2 Å². The lowest BCUT2D eigenvalue weighted by molar-refractivity contribution is 0.0950. The van der Waals surface area contributed by atoms with Crippen LogP contribution >= 0.6 is 11.6 Å². The van der Waals surface area contributed by atoms with E-state index in [9.17, 15) is 4.79 Å². The third kappa shape index (κ3) is 2.88. The SMILES string of the molecule is NCCNC(=O)c1cc(-c2ccc(Cl)cc2)n[nH]1. The van der Waals surface area contributed by atoms with Gasteiger partial charge >= 0.3 is 0 Å². The molecule has 0 aliphatic rings. The van der Waals surface area contributed by atoms with Gasteiger partial charge in [-0.3, -0.25) is 9.89 Å². The molecule has 0 aliphatic carbocycles. The van der Waals surface area contributed by atoms with Gasteiger partial charge in [0.25, 0.3) is 5.91 Å². The minimum Gasteiger partial charge on any atom is -0.349 e. The molecule has 0 unspecified atom stereocenters. The highest BCUT2D eigenvalue weighted by atomic mass is 35.5. The Kier molecular flexibility index (Phi) is 3.96. The lowest BCUT2D eigenvalue weighted by Crippen LogP contribution is -2.29. The zero-order valence-corrected chi connectivity index (χ0v) is 10.4. The number of benzene rings is 1. The van der Waals surface area contributed by atoms with Crippen molar-refractivity contribution in [3.63, 3.8) is 0 Å². The molecule has 2 rings (SSSR count). The number of nitrogens with two attached hydrogens (primary N) is 1. The first-order valence-corrected chi connectivity index (χ1v) is 5.88. The van der Waals surface area contributed by atoms with Crippen molar-refractivity contribution in [1.82, 2.24) is 15.5 Å². The molecular formula is C12H13ClN4O. The van der Waals surface area contributed by atoms with Crippen LogP contribution < -0.4 is 11.1 Å². The number of aromatic nitrogens is 2. The number of H-pyrrole nitrogens is 1. The summed E-state index contributed by atoms with van der Waals surface area (Å²) in [4.78, 5) is 11.6. The fourth-order valence-electron chi connectivity index (χ4n) is 1.49. The Morgan fingerprint density at radius 3 is 2.78 bits per heavy atom. The number of aromatic amines is 1. The van der Waals surface area contributed by atoms with Gasteiger partial charge in [-0.1, -0.05) is 23.7 Å². The Hall–Kier alpha value is -1.85. The summed E-state index contributed by atoms with van der Waals surface area (Å²) in [5.41, 5.74) is 7.32. The lowest BCUT2D eigenvalue weighted by atomic mass is 10.1. The maximum Gasteiger partial charge on any atom is 0.269 e. The highest BCUT2D eigenvalue weighted by Crippen LogP contribution is 2.19. The number of carbonyl (C=O) groups excluding carboxylic acids is 1. The number of hydrogen-bond donors (Lipinski definition) is 3. The Labute approximate surface area is 109 Å². The lowest BCUT2D eigenvalue weighted by Gasteiger charge is -1.99. The van der Waals surface area contributed by atoms with Crippen LogP contribution in [0.4, 0.5) is 0 Å². The molecule has 0 atom stereocenters. The molecule has 0 saturated carbocycles. The third-order valence-corrected chi connectivity index (χ3v) is 2.64. The monoisotopic (exact) mass is 264 g/mol. The van der Waals surface area contributed by atoms with Crippen molar-refractivity contribution in [2.75, 3.05) is 13.1 Å². The van der Waals surface area contributed by atoms with Crippen molar-refractivity contribution in [1.29, 1.82) is 0 Å². The molecule has 1 heterocycles. The van der Waals surface area contributed by atoms with Crippen LogP contribution in [-0.2, 0) is 0 Å². The zero-order chi connectivity index (χ0) is 13.0. The summed E-state index contributed by atoms with van der Waals surface area (Å²) in [6.45, 7) is 0.845. The van der Waals surface area contributed by atoms with Crippen molar-refractivity contribution in [3.05, 3.63) is 41.0 Å². The van der Waals surface area contributed by atoms with Crippen molar-refractivity contribution >= 4 is 17.5 Å². The van der Waals surface area contributed by atoms with Gasteiger partial charge in [0, 0.05) is 23.7 Å². The van der Waals surface area contributed by atoms with Crippen LogP contribution in [0.5, 0.6) is 0 Å². The van der Waals surface area contributed by atoms with Gasteiger partial charge in [0.1, 0.15) is 5.69 Å². The Morgan fingerprint density at radius 1 is 1.39 bits per heavy atom. The van der Waals surface area contributed by atoms with Gasteiger partial charge in [-0.15, -0.1) is 0 Å². The smallest absolute Gasteiger partial charge is 0.269 e. The Bertz CT molecular complexity index is 535. The Balaban J connectivity index is 2.15. The first-order chi connectivity index (χ1) is 8.70. The second-order valence-electron chi connectivity index (χ2n) is 3.72. The minimum atomic E-state index is -0.215. The van der Waals surface area contributed by atoms with E-state index in [4.69, 9.17) is 17.3 Å². The second kappa shape index (κ2) is 5.66. The maximum absolute atomic E-state index is 11.6. The third-order valence-electron chi connectivity index (χ3n) is 2.39. The topological polar surface area (TPSA) is 83.8 Å². The first kappa shape index (κ1) is 12.6. The quantitative estimate of drug-likeness (QED) is 0.781. The molecule has 0 aliphatic heterocycles. The Morgan fingerprint density at radius 2 is 2.11 bits per heavy atom. The summed E-state index contributed by atoms with van der Waals surface area (Å²) in [7, 11) is 0. The van der Waals surface area contributed by atoms with E-state index in [1.165, 1.54) is 0 Å². The van der Waals surface area contributed by atoms with Crippen molar-refractivity contribution in [3.8, 4) is 11.3 Å². The molecule has 4 N–H and O–H groups in total. The fourth-order valence-corrected chi connectivity index (χ4v) is 1.61. The fraction of sp³-hybridized carbons (Fsp3) is 0.167. The van der Waals surface area contributed by atoms with Crippen LogP contribution in [0.1, 0.15) is 10.5 Å². The van der Waals surface area contributed by atoms with Crippen molar-refractivity contribution in [2.45, 2.75) is 0 Å². The molecule has 2 aromatic rings. The van der Waals surface area contributed by atoms with E-state index in [1.807, 2.05) is 12.1 Å². The summed E-state index contributed by atoms with van der Waals surface area (Å²) in [5.74, 6) is -0.215. The van der Waals surface area contributed by atoms with E-state index in [0.717, 1.165) is 5.56 Å². The largest absolute Gasteiger partial charge is 0.349 e. The van der Waals surface area contributed by atoms with E-state index in [2.05, 4.69) is 15.5 Å². The summed E-state index contributed by atoms with van der Waals surface area (Å²) in [6.07, 6.45) is 0. The molecule has 0 radical (unpaired) electrons. The highest BCUT2D eigenvalue weighted by molar-refractivity contribution is 6.30. The molecule has 18 heavy (non-hydrogen) atoms. The molecular weight excluding hydrogens is 252 g/mol. The highest BCUT2D eigenvalue weighted by Gasteiger charge is 2.10. The second-order valence-corrected chi connectivity index (χ2v) is 4.15. The standard InChI is InChI=1S/C12H13ClN4O/c13-9-3-1-8(2-4-9)10-7-11(17-16-10)12(18)15-6-5-14/h1-4,7H,5-6,14H2,(H,15,18)(H,16,17). The molecule has 94 valence electrons. The number of nitrogens with one attached hydrogen (secondary N) is 2. The molecule has 6 heteroatoms. The van der Waals surface area contributed by atoms with Crippen LogP contribution in [0.15, 0.2) is 30.3 Å². The van der Waals surface area contributed by atoms with Gasteiger partial charge in [0.2, 0.25) is 0 Å². The molecule has 1 aromatic carbocycles. The van der Waals surface area contributed by atoms with E-state index < -0.39 is 0 Å². The molecule has 0 spiro atoms. The summed E-state index contributed by atoms with van der Waals surface area (Å²) < 4.78 is 0. The number of rotatable bonds is 4.